The SMILES string of the molecule is COCCSc1ccc(CC(C)=O)cc1. The van der Waals surface area contributed by atoms with E-state index in [-0.39, 0.29) is 5.78 Å². The summed E-state index contributed by atoms with van der Waals surface area (Å²) < 4.78 is 4.97. The second kappa shape index (κ2) is 6.64. The summed E-state index contributed by atoms with van der Waals surface area (Å²) in [5.41, 5.74) is 1.08. The lowest BCUT2D eigenvalue weighted by atomic mass is 10.1. The maximum atomic E-state index is 10.9. The summed E-state index contributed by atoms with van der Waals surface area (Å²) in [6.45, 7) is 2.38. The molecule has 0 unspecified atom stereocenters. The lowest BCUT2D eigenvalue weighted by Crippen LogP contribution is -1.95. The minimum atomic E-state index is 0.204. The first-order valence-electron chi connectivity index (χ1n) is 4.92. The van der Waals surface area contributed by atoms with Crippen LogP contribution in [0, 0.1) is 0 Å². The Hall–Kier alpha value is -0.800. The molecule has 0 radical (unpaired) electrons. The molecule has 2 nitrogen and oxygen atoms in total. The average molecular weight is 224 g/mol. The van der Waals surface area contributed by atoms with Gasteiger partial charge >= 0.3 is 0 Å². The maximum Gasteiger partial charge on any atom is 0.134 e. The van der Waals surface area contributed by atoms with Gasteiger partial charge in [0, 0.05) is 24.2 Å². The largest absolute Gasteiger partial charge is 0.384 e. The lowest BCUT2D eigenvalue weighted by molar-refractivity contribution is -0.116. The third-order valence-corrected chi connectivity index (χ3v) is 2.91. The molecule has 0 aliphatic carbocycles. The molecule has 0 spiro atoms. The molecular formula is C12H16O2S. The number of carbonyl (C=O) groups excluding carboxylic acids is 1. The Morgan fingerprint density at radius 1 is 1.33 bits per heavy atom. The second-order valence-electron chi connectivity index (χ2n) is 3.36. The summed E-state index contributed by atoms with van der Waals surface area (Å²) in [5.74, 6) is 1.16. The van der Waals surface area contributed by atoms with Crippen LogP contribution in [0.25, 0.3) is 0 Å². The summed E-state index contributed by atoms with van der Waals surface area (Å²) in [7, 11) is 1.70. The maximum absolute atomic E-state index is 10.9. The number of thioether (sulfide) groups is 1. The van der Waals surface area contributed by atoms with E-state index in [0.29, 0.717) is 6.42 Å². The molecule has 82 valence electrons. The fourth-order valence-corrected chi connectivity index (χ4v) is 2.05. The van der Waals surface area contributed by atoms with Gasteiger partial charge in [-0.3, -0.25) is 4.79 Å². The molecule has 0 saturated heterocycles. The molecular weight excluding hydrogens is 208 g/mol. The van der Waals surface area contributed by atoms with Gasteiger partial charge in [-0.1, -0.05) is 12.1 Å². The molecule has 0 aliphatic rings. The van der Waals surface area contributed by atoms with Crippen molar-refractivity contribution >= 4 is 17.5 Å². The smallest absolute Gasteiger partial charge is 0.134 e. The zero-order chi connectivity index (χ0) is 11.1. The molecule has 1 aromatic rings. The molecule has 0 heterocycles. The summed E-state index contributed by atoms with van der Waals surface area (Å²) in [5, 5.41) is 0. The molecule has 1 aromatic carbocycles. The zero-order valence-electron chi connectivity index (χ0n) is 9.16. The van der Waals surface area contributed by atoms with Crippen LogP contribution in [0.5, 0.6) is 0 Å². The minimum Gasteiger partial charge on any atom is -0.384 e. The van der Waals surface area contributed by atoms with Gasteiger partial charge in [0.25, 0.3) is 0 Å². The van der Waals surface area contributed by atoms with Crippen molar-refractivity contribution in [2.45, 2.75) is 18.2 Å². The van der Waals surface area contributed by atoms with Crippen molar-refractivity contribution in [3.63, 3.8) is 0 Å². The Labute approximate surface area is 95.0 Å². The van der Waals surface area contributed by atoms with Crippen molar-refractivity contribution in [3.05, 3.63) is 29.8 Å². The predicted octanol–water partition coefficient (Wildman–Crippen LogP) is 2.56. The van der Waals surface area contributed by atoms with E-state index >= 15 is 0 Å². The quantitative estimate of drug-likeness (QED) is 0.548. The number of benzene rings is 1. The number of Topliss-reactive ketones (excluding diaryl/α,β-unsaturated/α-hetero) is 1. The van der Waals surface area contributed by atoms with Gasteiger partial charge in [0.2, 0.25) is 0 Å². The molecule has 0 aliphatic heterocycles. The van der Waals surface area contributed by atoms with Gasteiger partial charge in [-0.25, -0.2) is 0 Å². The van der Waals surface area contributed by atoms with Gasteiger partial charge in [-0.2, -0.15) is 0 Å². The van der Waals surface area contributed by atoms with Crippen LogP contribution < -0.4 is 0 Å². The molecule has 1 rings (SSSR count). The standard InChI is InChI=1S/C12H16O2S/c1-10(13)9-11-3-5-12(6-4-11)15-8-7-14-2/h3-6H,7-9H2,1-2H3. The van der Waals surface area contributed by atoms with Crippen LogP contribution >= 0.6 is 11.8 Å². The Morgan fingerprint density at radius 2 is 2.00 bits per heavy atom. The van der Waals surface area contributed by atoms with Gasteiger partial charge in [0.05, 0.1) is 6.61 Å². The highest BCUT2D eigenvalue weighted by atomic mass is 32.2. The van der Waals surface area contributed by atoms with Gasteiger partial charge in [-0.15, -0.1) is 11.8 Å². The van der Waals surface area contributed by atoms with Crippen LogP contribution in [0.2, 0.25) is 0 Å². The van der Waals surface area contributed by atoms with Gasteiger partial charge in [0.15, 0.2) is 0 Å². The van der Waals surface area contributed by atoms with E-state index in [1.54, 1.807) is 25.8 Å². The summed E-state index contributed by atoms with van der Waals surface area (Å²) in [6.07, 6.45) is 0.531. The average Bonchev–Trinajstić information content (AvgIpc) is 2.20. The number of hydrogen-bond donors (Lipinski definition) is 0. The van der Waals surface area contributed by atoms with Crippen molar-refractivity contribution in [1.29, 1.82) is 0 Å². The molecule has 0 N–H and O–H groups in total. The van der Waals surface area contributed by atoms with Crippen molar-refractivity contribution in [2.24, 2.45) is 0 Å². The fraction of sp³-hybridized carbons (Fsp3) is 0.417. The normalized spacial score (nSPS) is 10.3. The van der Waals surface area contributed by atoms with Crippen LogP contribution in [-0.2, 0) is 16.0 Å². The monoisotopic (exact) mass is 224 g/mol. The van der Waals surface area contributed by atoms with E-state index < -0.39 is 0 Å². The first-order valence-corrected chi connectivity index (χ1v) is 5.91. The Morgan fingerprint density at radius 3 is 2.53 bits per heavy atom. The molecule has 0 bridgehead atoms. The molecule has 0 amide bonds. The van der Waals surface area contributed by atoms with Crippen LogP contribution in [-0.4, -0.2) is 25.3 Å². The molecule has 0 atom stereocenters. The van der Waals surface area contributed by atoms with Crippen LogP contribution in [0.4, 0.5) is 0 Å². The molecule has 0 fully saturated rings. The highest BCUT2D eigenvalue weighted by Crippen LogP contribution is 2.18. The van der Waals surface area contributed by atoms with E-state index in [0.717, 1.165) is 17.9 Å². The zero-order valence-corrected chi connectivity index (χ0v) is 9.97. The summed E-state index contributed by atoms with van der Waals surface area (Å²) in [4.78, 5) is 12.1. The number of carbonyl (C=O) groups is 1. The van der Waals surface area contributed by atoms with Crippen molar-refractivity contribution in [2.75, 3.05) is 19.5 Å². The molecule has 15 heavy (non-hydrogen) atoms. The minimum absolute atomic E-state index is 0.204. The molecule has 3 heteroatoms. The van der Waals surface area contributed by atoms with Crippen LogP contribution in [0.1, 0.15) is 12.5 Å². The van der Waals surface area contributed by atoms with E-state index in [2.05, 4.69) is 12.1 Å². The number of hydrogen-bond acceptors (Lipinski definition) is 3. The summed E-state index contributed by atoms with van der Waals surface area (Å²) >= 11 is 1.76. The van der Waals surface area contributed by atoms with Gasteiger partial charge in [0.1, 0.15) is 5.78 Å². The third kappa shape index (κ3) is 5.00. The number of ketones is 1. The van der Waals surface area contributed by atoms with Crippen LogP contribution in [0.3, 0.4) is 0 Å². The van der Waals surface area contributed by atoms with Crippen molar-refractivity contribution < 1.29 is 9.53 Å². The number of ether oxygens (including phenoxy) is 1. The van der Waals surface area contributed by atoms with E-state index in [9.17, 15) is 4.79 Å². The molecule has 0 saturated carbocycles. The Kier molecular flexibility index (Phi) is 5.43. The van der Waals surface area contributed by atoms with Crippen molar-refractivity contribution in [1.82, 2.24) is 0 Å². The Balaban J connectivity index is 2.45. The van der Waals surface area contributed by atoms with Gasteiger partial charge < -0.3 is 4.74 Å². The predicted molar refractivity (Wildman–Crippen MR) is 63.4 cm³/mol. The van der Waals surface area contributed by atoms with E-state index in [1.807, 2.05) is 12.1 Å². The number of methoxy groups -OCH3 is 1. The fourth-order valence-electron chi connectivity index (χ4n) is 1.23. The van der Waals surface area contributed by atoms with E-state index in [4.69, 9.17) is 4.74 Å². The molecule has 0 aromatic heterocycles. The van der Waals surface area contributed by atoms with E-state index in [1.165, 1.54) is 4.90 Å². The first-order chi connectivity index (χ1) is 7.22. The first kappa shape index (κ1) is 12.3. The lowest BCUT2D eigenvalue weighted by Gasteiger charge is -2.02. The van der Waals surface area contributed by atoms with Crippen LogP contribution in [0.15, 0.2) is 29.2 Å². The highest BCUT2D eigenvalue weighted by Gasteiger charge is 1.98. The van der Waals surface area contributed by atoms with Gasteiger partial charge in [-0.05, 0) is 24.6 Å². The van der Waals surface area contributed by atoms with Crippen molar-refractivity contribution in [3.8, 4) is 0 Å². The number of rotatable bonds is 6. The Bertz CT molecular complexity index is 306. The third-order valence-electron chi connectivity index (χ3n) is 1.93. The topological polar surface area (TPSA) is 26.3 Å². The summed E-state index contributed by atoms with van der Waals surface area (Å²) in [6, 6.07) is 8.13. The second-order valence-corrected chi connectivity index (χ2v) is 4.53. The highest BCUT2D eigenvalue weighted by molar-refractivity contribution is 7.99.